The molecule has 0 aromatic heterocycles. The van der Waals surface area contributed by atoms with Crippen LogP contribution in [0, 0.1) is 0 Å². The van der Waals surface area contributed by atoms with Crippen LogP contribution in [0.2, 0.25) is 0 Å². The number of hydrogen-bond donors (Lipinski definition) is 0. The van der Waals surface area contributed by atoms with E-state index in [4.69, 9.17) is 4.18 Å². The highest BCUT2D eigenvalue weighted by Crippen LogP contribution is 2.45. The van der Waals surface area contributed by atoms with Crippen LogP contribution < -0.4 is 5.11 Å². The molecule has 1 unspecified atom stereocenters. The zero-order valence-corrected chi connectivity index (χ0v) is 18.3. The normalized spacial score (nSPS) is 25.8. The number of rotatable bonds is 4. The summed E-state index contributed by atoms with van der Waals surface area (Å²) >= 11 is 0. The van der Waals surface area contributed by atoms with Gasteiger partial charge < -0.3 is 9.90 Å². The lowest BCUT2D eigenvalue weighted by Gasteiger charge is -2.46. The number of alkyl halides is 3. The van der Waals surface area contributed by atoms with Crippen molar-refractivity contribution in [2.45, 2.75) is 44.4 Å². The molecule has 1 aromatic rings. The van der Waals surface area contributed by atoms with E-state index < -0.39 is 71.7 Å². The molecule has 0 bridgehead atoms. The molecule has 1 aliphatic rings. The van der Waals surface area contributed by atoms with Crippen LogP contribution in [0.4, 0.5) is 18.0 Å². The van der Waals surface area contributed by atoms with E-state index in [2.05, 4.69) is 0 Å². The molecule has 1 aromatic carbocycles. The van der Waals surface area contributed by atoms with Crippen molar-refractivity contribution in [3.05, 3.63) is 35.4 Å². The minimum atomic E-state index is -4.79. The van der Waals surface area contributed by atoms with Crippen LogP contribution in [-0.4, -0.2) is 57.0 Å². The van der Waals surface area contributed by atoms with Gasteiger partial charge in [0.1, 0.15) is 28.0 Å². The lowest BCUT2D eigenvalue weighted by molar-refractivity contribution is -0.826. The largest absolute Gasteiger partial charge is 0.497 e. The Labute approximate surface area is 173 Å². The first kappa shape index (κ1) is 24.6. The fourth-order valence-corrected chi connectivity index (χ4v) is 6.82. The van der Waals surface area contributed by atoms with Crippen molar-refractivity contribution in [2.24, 2.45) is 0 Å². The van der Waals surface area contributed by atoms with E-state index >= 15 is 0 Å². The van der Waals surface area contributed by atoms with E-state index in [1.807, 2.05) is 0 Å². The van der Waals surface area contributed by atoms with E-state index in [-0.39, 0.29) is 5.56 Å². The fraction of sp³-hybridized carbons (Fsp3) is 0.588. The molecule has 30 heavy (non-hydrogen) atoms. The molecule has 0 aliphatic carbocycles. The van der Waals surface area contributed by atoms with E-state index in [0.29, 0.717) is 0 Å². The molecule has 2 rings (SSSR count). The maximum Gasteiger partial charge on any atom is 0.442 e. The first-order valence-corrected chi connectivity index (χ1v) is 12.1. The van der Waals surface area contributed by atoms with Crippen LogP contribution in [0.25, 0.3) is 0 Å². The van der Waals surface area contributed by atoms with Gasteiger partial charge >= 0.3 is 16.5 Å². The molecule has 170 valence electrons. The highest BCUT2D eigenvalue weighted by molar-refractivity contribution is 7.90. The molecule has 0 N–H and O–H groups in total. The van der Waals surface area contributed by atoms with Gasteiger partial charge in [0.05, 0.1) is 17.2 Å². The summed E-state index contributed by atoms with van der Waals surface area (Å²) in [6.07, 6.45) is -5.80. The molecule has 1 aliphatic heterocycles. The minimum Gasteiger partial charge on any atom is -0.497 e. The smallest absolute Gasteiger partial charge is 0.442 e. The summed E-state index contributed by atoms with van der Waals surface area (Å²) in [4.78, 5) is 12.2. The number of hydrogen-bond acceptors (Lipinski definition) is 7. The number of carbonyl (C=O) groups excluding carboxylic acids is 1. The average Bonchev–Trinajstić information content (AvgIpc) is 2.82. The number of halogens is 3. The predicted octanol–water partition coefficient (Wildman–Crippen LogP) is 1.44. The van der Waals surface area contributed by atoms with Crippen molar-refractivity contribution >= 4 is 26.2 Å². The maximum atomic E-state index is 12.9. The molecule has 1 heterocycles. The Morgan fingerprint density at radius 2 is 1.73 bits per heavy atom. The number of quaternary nitrogens is 1. The van der Waals surface area contributed by atoms with Gasteiger partial charge in [-0.15, -0.1) is 12.3 Å². The standard InChI is InChI=1S/C17H22F3NO7S2/c1-16(2,3)21(15(22)23)14(9-28-30(21,26)27)13(10-29(4,24)25)11-5-7-12(8-6-11)17(18,19)20/h5-8,13-14H,9-10H2,1-4H3/t13-,14+,21?/m0/s1. The predicted molar refractivity (Wildman–Crippen MR) is 98.0 cm³/mol. The summed E-state index contributed by atoms with van der Waals surface area (Å²) in [5.74, 6) is -2.00. The Morgan fingerprint density at radius 3 is 2.10 bits per heavy atom. The molecular weight excluding hydrogens is 451 g/mol. The van der Waals surface area contributed by atoms with Crippen LogP contribution in [0.3, 0.4) is 0 Å². The third-order valence-corrected chi connectivity index (χ3v) is 8.16. The molecular formula is C17H22F3NO7S2. The van der Waals surface area contributed by atoms with E-state index in [1.165, 1.54) is 20.8 Å². The number of benzene rings is 1. The van der Waals surface area contributed by atoms with Crippen molar-refractivity contribution in [3.8, 4) is 0 Å². The van der Waals surface area contributed by atoms with Gasteiger partial charge in [0.15, 0.2) is 0 Å². The highest BCUT2D eigenvalue weighted by Gasteiger charge is 2.66. The summed E-state index contributed by atoms with van der Waals surface area (Å²) in [6, 6.07) is 1.98. The Balaban J connectivity index is 2.74. The molecule has 1 amide bonds. The Hall–Kier alpha value is -1.70. The molecule has 3 atom stereocenters. The summed E-state index contributed by atoms with van der Waals surface area (Å²) in [5, 5.41) is 12.2. The second-order valence-corrected chi connectivity index (χ2v) is 12.0. The number of sulfone groups is 1. The zero-order chi connectivity index (χ0) is 23.3. The molecule has 1 saturated heterocycles. The van der Waals surface area contributed by atoms with Crippen molar-refractivity contribution in [1.82, 2.24) is 0 Å². The zero-order valence-electron chi connectivity index (χ0n) is 16.6. The molecule has 13 heteroatoms. The molecule has 0 saturated carbocycles. The lowest BCUT2D eigenvalue weighted by Crippen LogP contribution is -2.73. The van der Waals surface area contributed by atoms with E-state index in [9.17, 15) is 39.9 Å². The third-order valence-electron chi connectivity index (χ3n) is 5.09. The first-order valence-electron chi connectivity index (χ1n) is 8.69. The monoisotopic (exact) mass is 473 g/mol. The Morgan fingerprint density at radius 1 is 1.23 bits per heavy atom. The molecule has 0 spiro atoms. The second-order valence-electron chi connectivity index (χ2n) is 8.19. The van der Waals surface area contributed by atoms with Gasteiger partial charge in [-0.3, -0.25) is 0 Å². The molecule has 1 fully saturated rings. The van der Waals surface area contributed by atoms with E-state index in [0.717, 1.165) is 30.5 Å². The summed E-state index contributed by atoms with van der Waals surface area (Å²) < 4.78 is 91.3. The molecule has 8 nitrogen and oxygen atoms in total. The Kier molecular flexibility index (Phi) is 6.11. The lowest BCUT2D eigenvalue weighted by atomic mass is 9.89. The third kappa shape index (κ3) is 4.20. The fourth-order valence-electron chi connectivity index (χ4n) is 3.89. The van der Waals surface area contributed by atoms with Gasteiger partial charge in [-0.25, -0.2) is 12.6 Å². The second kappa shape index (κ2) is 7.46. The summed E-state index contributed by atoms with van der Waals surface area (Å²) in [5.41, 5.74) is -2.50. The van der Waals surface area contributed by atoms with Crippen LogP contribution >= 0.6 is 0 Å². The summed E-state index contributed by atoms with van der Waals surface area (Å²) in [6.45, 7) is 3.26. The number of carboxylic acid groups (broad SMARTS) is 1. The van der Waals surface area contributed by atoms with Crippen molar-refractivity contribution in [1.29, 1.82) is 0 Å². The average molecular weight is 473 g/mol. The highest BCUT2D eigenvalue weighted by atomic mass is 32.2. The SMILES string of the molecule is CC(C)(C)[N+]1(C(=O)[O-])[C@@H]([C@@H](CS(C)(=O)=O)c2ccc(C(F)(F)F)cc2)COS1(=O)=O. The minimum absolute atomic E-state index is 0.0344. The van der Waals surface area contributed by atoms with Gasteiger partial charge in [-0.1, -0.05) is 12.1 Å². The van der Waals surface area contributed by atoms with Crippen LogP contribution in [0.1, 0.15) is 37.8 Å². The van der Waals surface area contributed by atoms with Gasteiger partial charge in [0.2, 0.25) is 0 Å². The van der Waals surface area contributed by atoms with Crippen LogP contribution in [-0.2, 0) is 30.5 Å². The van der Waals surface area contributed by atoms with Gasteiger partial charge in [0, 0.05) is 6.26 Å². The quantitative estimate of drug-likeness (QED) is 0.607. The van der Waals surface area contributed by atoms with Crippen LogP contribution in [0.15, 0.2) is 24.3 Å². The first-order chi connectivity index (χ1) is 13.3. The van der Waals surface area contributed by atoms with Crippen molar-refractivity contribution < 1.29 is 48.0 Å². The topological polar surface area (TPSA) is 118 Å². The van der Waals surface area contributed by atoms with E-state index in [1.54, 1.807) is 0 Å². The van der Waals surface area contributed by atoms with Gasteiger partial charge in [-0.2, -0.15) is 13.2 Å². The molecule has 0 radical (unpaired) electrons. The number of carbonyl (C=O) groups is 1. The Bertz CT molecular complexity index is 1030. The van der Waals surface area contributed by atoms with Gasteiger partial charge in [0.25, 0.3) is 6.09 Å². The van der Waals surface area contributed by atoms with Crippen LogP contribution in [0.5, 0.6) is 0 Å². The summed E-state index contributed by atoms with van der Waals surface area (Å²) in [7, 11) is -8.60. The maximum absolute atomic E-state index is 12.9. The number of amides is 1. The van der Waals surface area contributed by atoms with Crippen molar-refractivity contribution in [3.63, 3.8) is 0 Å². The van der Waals surface area contributed by atoms with Crippen molar-refractivity contribution in [2.75, 3.05) is 18.6 Å². The van der Waals surface area contributed by atoms with Gasteiger partial charge in [-0.05, 0) is 38.5 Å². The number of nitrogens with zero attached hydrogens (tertiary/aromatic N) is 1.